The van der Waals surface area contributed by atoms with Crippen LogP contribution in [0, 0.1) is 11.8 Å². The minimum Gasteiger partial charge on any atom is -0.443 e. The molecular weight excluding hydrogens is 450 g/mol. The van der Waals surface area contributed by atoms with Crippen molar-refractivity contribution in [2.24, 2.45) is 11.8 Å². The lowest BCUT2D eigenvalue weighted by Crippen LogP contribution is -2.55. The Kier molecular flexibility index (Phi) is 9.26. The molecule has 2 aliphatic rings. The molecule has 192 valence electrons. The predicted molar refractivity (Wildman–Crippen MR) is 129 cm³/mol. The Balaban J connectivity index is 1.64. The lowest BCUT2D eigenvalue weighted by atomic mass is 9.76. The van der Waals surface area contributed by atoms with Crippen molar-refractivity contribution >= 4 is 23.7 Å². The summed E-state index contributed by atoms with van der Waals surface area (Å²) in [5.41, 5.74) is 0.493. The van der Waals surface area contributed by atoms with Crippen LogP contribution in [0.4, 0.5) is 4.79 Å². The van der Waals surface area contributed by atoms with E-state index in [0.717, 1.165) is 24.8 Å². The van der Waals surface area contributed by atoms with E-state index in [-0.39, 0.29) is 18.2 Å². The second-order valence-corrected chi connectivity index (χ2v) is 10.1. The molecule has 9 heteroatoms. The number of rotatable bonds is 12. The molecule has 1 saturated carbocycles. The van der Waals surface area contributed by atoms with Gasteiger partial charge in [-0.15, -0.1) is 0 Å². The molecule has 3 rings (SSSR count). The Morgan fingerprint density at radius 2 is 1.86 bits per heavy atom. The van der Waals surface area contributed by atoms with E-state index in [1.165, 1.54) is 0 Å². The summed E-state index contributed by atoms with van der Waals surface area (Å²) in [4.78, 5) is 50.3. The number of aliphatic hydroxyl groups excluding tert-OH is 1. The number of hydrogen-bond donors (Lipinski definition) is 4. The van der Waals surface area contributed by atoms with Gasteiger partial charge in [0.1, 0.15) is 18.2 Å². The highest BCUT2D eigenvalue weighted by atomic mass is 16.6. The molecule has 0 bridgehead atoms. The zero-order valence-electron chi connectivity index (χ0n) is 20.5. The fraction of sp³-hybridized carbons (Fsp3) is 0.615. The first kappa shape index (κ1) is 26.7. The molecule has 35 heavy (non-hydrogen) atoms. The molecule has 3 amide bonds. The van der Waals surface area contributed by atoms with E-state index in [1.807, 2.05) is 44.2 Å². The molecule has 4 N–H and O–H groups in total. The topological polar surface area (TPSA) is 134 Å². The number of carbonyl (C=O) groups is 4. The standard InChI is InChI=1S/C26H37N3O6/c1-17(2)13-21(24(33)28-20(22(31)16-30)14-19-9-12-27-23(19)32)29-25(34)35-26(10-6-11-26)15-18-7-4-3-5-8-18/h3-5,7-8,17,19-21,30H,6,9-16H2,1-2H3,(H,27,32)(H,28,33)(H,29,34). The lowest BCUT2D eigenvalue weighted by Gasteiger charge is -2.41. The third-order valence-electron chi connectivity index (χ3n) is 6.80. The zero-order chi connectivity index (χ0) is 25.4. The number of ketones is 1. The second kappa shape index (κ2) is 12.2. The van der Waals surface area contributed by atoms with Crippen LogP contribution in [0.3, 0.4) is 0 Å². The van der Waals surface area contributed by atoms with E-state index in [0.29, 0.717) is 25.8 Å². The van der Waals surface area contributed by atoms with Gasteiger partial charge in [0.05, 0.1) is 6.04 Å². The maximum Gasteiger partial charge on any atom is 0.408 e. The van der Waals surface area contributed by atoms with Gasteiger partial charge in [-0.25, -0.2) is 4.79 Å². The molecule has 1 aliphatic heterocycles. The summed E-state index contributed by atoms with van der Waals surface area (Å²) < 4.78 is 5.85. The Morgan fingerprint density at radius 3 is 2.40 bits per heavy atom. The molecule has 3 atom stereocenters. The van der Waals surface area contributed by atoms with Crippen LogP contribution in [0.15, 0.2) is 30.3 Å². The smallest absolute Gasteiger partial charge is 0.408 e. The zero-order valence-corrected chi connectivity index (χ0v) is 20.5. The van der Waals surface area contributed by atoms with Crippen molar-refractivity contribution in [1.82, 2.24) is 16.0 Å². The number of benzene rings is 1. The summed E-state index contributed by atoms with van der Waals surface area (Å²) in [6.07, 6.45) is 3.44. The van der Waals surface area contributed by atoms with Crippen LogP contribution < -0.4 is 16.0 Å². The van der Waals surface area contributed by atoms with Crippen LogP contribution in [0.5, 0.6) is 0 Å². The van der Waals surface area contributed by atoms with Crippen molar-refractivity contribution in [1.29, 1.82) is 0 Å². The molecule has 1 aromatic rings. The van der Waals surface area contributed by atoms with E-state index in [2.05, 4.69) is 16.0 Å². The highest BCUT2D eigenvalue weighted by Crippen LogP contribution is 2.38. The lowest BCUT2D eigenvalue weighted by molar-refractivity contribution is -0.131. The summed E-state index contributed by atoms with van der Waals surface area (Å²) >= 11 is 0. The number of carbonyl (C=O) groups excluding carboxylic acids is 4. The predicted octanol–water partition coefficient (Wildman–Crippen LogP) is 1.87. The molecule has 1 aliphatic carbocycles. The average molecular weight is 488 g/mol. The van der Waals surface area contributed by atoms with Gasteiger partial charge in [0.2, 0.25) is 11.8 Å². The maximum absolute atomic E-state index is 13.1. The highest BCUT2D eigenvalue weighted by Gasteiger charge is 2.42. The molecule has 3 unspecified atom stereocenters. The first-order valence-electron chi connectivity index (χ1n) is 12.5. The third-order valence-corrected chi connectivity index (χ3v) is 6.80. The van der Waals surface area contributed by atoms with Crippen LogP contribution in [0.25, 0.3) is 0 Å². The number of alkyl carbamates (subject to hydrolysis) is 1. The number of ether oxygens (including phenoxy) is 1. The van der Waals surface area contributed by atoms with Gasteiger partial charge in [-0.3, -0.25) is 14.4 Å². The average Bonchev–Trinajstić information content (AvgIpc) is 3.20. The van der Waals surface area contributed by atoms with Crippen LogP contribution in [-0.4, -0.2) is 59.6 Å². The Bertz CT molecular complexity index is 900. The van der Waals surface area contributed by atoms with E-state index < -0.39 is 48.0 Å². The third kappa shape index (κ3) is 7.52. The summed E-state index contributed by atoms with van der Waals surface area (Å²) in [6, 6.07) is 7.91. The van der Waals surface area contributed by atoms with Crippen LogP contribution >= 0.6 is 0 Å². The number of nitrogens with one attached hydrogen (secondary N) is 3. The van der Waals surface area contributed by atoms with Gasteiger partial charge in [-0.05, 0) is 50.0 Å². The van der Waals surface area contributed by atoms with Gasteiger partial charge in [0.15, 0.2) is 5.78 Å². The largest absolute Gasteiger partial charge is 0.443 e. The second-order valence-electron chi connectivity index (χ2n) is 10.1. The number of aliphatic hydroxyl groups is 1. The molecule has 1 heterocycles. The van der Waals surface area contributed by atoms with Crippen molar-refractivity contribution in [3.8, 4) is 0 Å². The molecule has 9 nitrogen and oxygen atoms in total. The first-order valence-corrected chi connectivity index (χ1v) is 12.5. The van der Waals surface area contributed by atoms with E-state index in [1.54, 1.807) is 0 Å². The normalized spacial score (nSPS) is 20.3. The van der Waals surface area contributed by atoms with Crippen molar-refractivity contribution in [2.75, 3.05) is 13.2 Å². The first-order chi connectivity index (χ1) is 16.7. The quantitative estimate of drug-likeness (QED) is 0.356. The minimum atomic E-state index is -1.01. The van der Waals surface area contributed by atoms with Gasteiger partial charge in [-0.2, -0.15) is 0 Å². The Morgan fingerprint density at radius 1 is 1.14 bits per heavy atom. The molecular formula is C26H37N3O6. The van der Waals surface area contributed by atoms with Gasteiger partial charge >= 0.3 is 6.09 Å². The van der Waals surface area contributed by atoms with Crippen molar-refractivity contribution < 1.29 is 29.0 Å². The molecule has 0 radical (unpaired) electrons. The monoisotopic (exact) mass is 487 g/mol. The van der Waals surface area contributed by atoms with Gasteiger partial charge in [0, 0.05) is 18.9 Å². The van der Waals surface area contributed by atoms with E-state index in [4.69, 9.17) is 4.74 Å². The van der Waals surface area contributed by atoms with Gasteiger partial charge in [-0.1, -0.05) is 44.2 Å². The number of hydrogen-bond acceptors (Lipinski definition) is 6. The maximum atomic E-state index is 13.1. The van der Waals surface area contributed by atoms with Gasteiger partial charge in [0.25, 0.3) is 0 Å². The van der Waals surface area contributed by atoms with E-state index in [9.17, 15) is 24.3 Å². The van der Waals surface area contributed by atoms with Crippen molar-refractivity contribution in [2.45, 2.75) is 76.5 Å². The molecule has 1 saturated heterocycles. The summed E-state index contributed by atoms with van der Waals surface area (Å²) in [7, 11) is 0. The Labute approximate surface area is 206 Å². The van der Waals surface area contributed by atoms with Gasteiger partial charge < -0.3 is 25.8 Å². The van der Waals surface area contributed by atoms with Crippen LogP contribution in [0.2, 0.25) is 0 Å². The minimum absolute atomic E-state index is 0.0839. The molecule has 2 fully saturated rings. The van der Waals surface area contributed by atoms with Crippen LogP contribution in [0.1, 0.15) is 57.9 Å². The molecule has 1 aromatic carbocycles. The number of Topliss-reactive ketones (excluding diaryl/α,β-unsaturated/α-hetero) is 1. The summed E-state index contributed by atoms with van der Waals surface area (Å²) in [5.74, 6) is -1.60. The van der Waals surface area contributed by atoms with E-state index >= 15 is 0 Å². The number of amides is 3. The molecule has 0 aromatic heterocycles. The highest BCUT2D eigenvalue weighted by molar-refractivity contribution is 5.93. The summed E-state index contributed by atoms with van der Waals surface area (Å²) in [6.45, 7) is 3.63. The summed E-state index contributed by atoms with van der Waals surface area (Å²) in [5, 5.41) is 17.4. The van der Waals surface area contributed by atoms with Crippen molar-refractivity contribution in [3.05, 3.63) is 35.9 Å². The molecule has 0 spiro atoms. The fourth-order valence-electron chi connectivity index (χ4n) is 4.73. The fourth-order valence-corrected chi connectivity index (χ4v) is 4.73. The Hall–Kier alpha value is -2.94. The van der Waals surface area contributed by atoms with Crippen molar-refractivity contribution in [3.63, 3.8) is 0 Å². The van der Waals surface area contributed by atoms with Crippen LogP contribution in [-0.2, 0) is 25.5 Å². The SMILES string of the molecule is CC(C)CC(NC(=O)OC1(Cc2ccccc2)CCC1)C(=O)NC(CC1CCNC1=O)C(=O)CO.